The minimum atomic E-state index is 0.0228. The van der Waals surface area contributed by atoms with E-state index in [0.29, 0.717) is 31.1 Å². The Morgan fingerprint density at radius 2 is 1.77 bits per heavy atom. The number of aromatic nitrogens is 2. The minimum Gasteiger partial charge on any atom is -0.461 e. The van der Waals surface area contributed by atoms with Gasteiger partial charge in [0.2, 0.25) is 5.91 Å². The highest BCUT2D eigenvalue weighted by Gasteiger charge is 2.17. The van der Waals surface area contributed by atoms with Gasteiger partial charge in [-0.05, 0) is 36.2 Å². The van der Waals surface area contributed by atoms with E-state index in [2.05, 4.69) is 22.1 Å². The van der Waals surface area contributed by atoms with Gasteiger partial charge in [0.1, 0.15) is 5.82 Å². The third-order valence-corrected chi connectivity index (χ3v) is 5.06. The third-order valence-electron chi connectivity index (χ3n) is 5.06. The maximum Gasteiger partial charge on any atom is 0.222 e. The van der Waals surface area contributed by atoms with Crippen molar-refractivity contribution in [3.63, 3.8) is 0 Å². The molecule has 4 rings (SSSR count). The van der Waals surface area contributed by atoms with Crippen molar-refractivity contribution in [2.45, 2.75) is 26.3 Å². The fraction of sp³-hybridized carbons (Fsp3) is 0.240. The van der Waals surface area contributed by atoms with Crippen LogP contribution in [0.3, 0.4) is 0 Å². The number of furan rings is 1. The van der Waals surface area contributed by atoms with Crippen LogP contribution in [0.25, 0.3) is 22.5 Å². The first-order valence-corrected chi connectivity index (χ1v) is 10.6. The van der Waals surface area contributed by atoms with Crippen LogP contribution < -0.4 is 10.2 Å². The number of anilines is 1. The van der Waals surface area contributed by atoms with Crippen molar-refractivity contribution in [1.29, 1.82) is 0 Å². The average Bonchev–Trinajstić information content (AvgIpc) is 3.35. The summed E-state index contributed by atoms with van der Waals surface area (Å²) in [4.78, 5) is 24.1. The Morgan fingerprint density at radius 1 is 0.968 bits per heavy atom. The lowest BCUT2D eigenvalue weighted by atomic mass is 10.2. The van der Waals surface area contributed by atoms with Crippen molar-refractivity contribution >= 4 is 22.6 Å². The quantitative estimate of drug-likeness (QED) is 0.425. The van der Waals surface area contributed by atoms with Crippen molar-refractivity contribution in [2.75, 3.05) is 18.0 Å². The molecular weight excluding hydrogens is 388 g/mol. The number of nitrogens with one attached hydrogen (secondary N) is 1. The fourth-order valence-corrected chi connectivity index (χ4v) is 3.53. The molecule has 0 fully saturated rings. The Kier molecular flexibility index (Phi) is 6.57. The van der Waals surface area contributed by atoms with E-state index in [1.54, 1.807) is 6.26 Å². The zero-order valence-electron chi connectivity index (χ0n) is 17.6. The number of fused-ring (bicyclic) bond motifs is 1. The van der Waals surface area contributed by atoms with E-state index in [-0.39, 0.29) is 5.91 Å². The molecule has 0 aliphatic carbocycles. The minimum absolute atomic E-state index is 0.0228. The topological polar surface area (TPSA) is 71.3 Å². The summed E-state index contributed by atoms with van der Waals surface area (Å²) in [5.41, 5.74) is 1.94. The maximum atomic E-state index is 12.5. The van der Waals surface area contributed by atoms with Crippen molar-refractivity contribution in [3.05, 3.63) is 78.6 Å². The maximum absolute atomic E-state index is 12.5. The van der Waals surface area contributed by atoms with E-state index in [9.17, 15) is 4.79 Å². The van der Waals surface area contributed by atoms with Gasteiger partial charge in [-0.25, -0.2) is 9.97 Å². The van der Waals surface area contributed by atoms with Crippen LogP contribution in [-0.4, -0.2) is 29.0 Å². The molecule has 1 N–H and O–H groups in total. The zero-order chi connectivity index (χ0) is 21.5. The van der Waals surface area contributed by atoms with Gasteiger partial charge in [-0.15, -0.1) is 0 Å². The molecule has 2 aromatic heterocycles. The number of rotatable bonds is 9. The number of nitrogens with zero attached hydrogens (tertiary/aromatic N) is 3. The van der Waals surface area contributed by atoms with Gasteiger partial charge in [0.25, 0.3) is 0 Å². The normalized spacial score (nSPS) is 10.9. The van der Waals surface area contributed by atoms with Crippen LogP contribution in [0.1, 0.15) is 25.3 Å². The van der Waals surface area contributed by atoms with Gasteiger partial charge in [0.15, 0.2) is 11.6 Å². The first kappa shape index (κ1) is 20.6. The summed E-state index contributed by atoms with van der Waals surface area (Å²) in [5, 5.41) is 3.97. The van der Waals surface area contributed by atoms with E-state index in [4.69, 9.17) is 9.40 Å². The molecular formula is C25H26N4O2. The molecule has 1 amide bonds. The van der Waals surface area contributed by atoms with Gasteiger partial charge < -0.3 is 14.6 Å². The first-order valence-electron chi connectivity index (χ1n) is 10.6. The summed E-state index contributed by atoms with van der Waals surface area (Å²) in [6.07, 6.45) is 2.95. The summed E-state index contributed by atoms with van der Waals surface area (Å²) in [7, 11) is 0. The number of hydrogen-bond donors (Lipinski definition) is 1. The highest BCUT2D eigenvalue weighted by atomic mass is 16.3. The standard InChI is InChI=1S/C25H26N4O2/c1-2-15-29(16-14-23(30)26-18-19-9-4-3-5-10-19)25-20-11-6-7-12-21(20)27-24(28-25)22-13-8-17-31-22/h3-13,17H,2,14-16,18H2,1H3,(H,26,30). The van der Waals surface area contributed by atoms with Gasteiger partial charge in [0.05, 0.1) is 11.8 Å². The first-order chi connectivity index (χ1) is 15.2. The molecule has 2 aromatic carbocycles. The molecule has 0 unspecified atom stereocenters. The molecule has 4 aromatic rings. The molecule has 0 aliphatic heterocycles. The molecule has 6 heteroatoms. The summed E-state index contributed by atoms with van der Waals surface area (Å²) >= 11 is 0. The molecule has 31 heavy (non-hydrogen) atoms. The van der Waals surface area contributed by atoms with E-state index in [1.807, 2.05) is 66.7 Å². The second-order valence-electron chi connectivity index (χ2n) is 7.36. The van der Waals surface area contributed by atoms with Gasteiger partial charge >= 0.3 is 0 Å². The number of benzene rings is 2. The summed E-state index contributed by atoms with van der Waals surface area (Å²) in [5.74, 6) is 2.03. The van der Waals surface area contributed by atoms with Gasteiger partial charge in [-0.1, -0.05) is 49.4 Å². The van der Waals surface area contributed by atoms with E-state index >= 15 is 0 Å². The number of para-hydroxylation sites is 1. The van der Waals surface area contributed by atoms with E-state index in [1.165, 1.54) is 0 Å². The molecule has 6 nitrogen and oxygen atoms in total. The van der Waals surface area contributed by atoms with Crippen LogP contribution in [-0.2, 0) is 11.3 Å². The highest BCUT2D eigenvalue weighted by molar-refractivity contribution is 5.91. The second-order valence-corrected chi connectivity index (χ2v) is 7.36. The lowest BCUT2D eigenvalue weighted by Gasteiger charge is -2.24. The predicted molar refractivity (Wildman–Crippen MR) is 123 cm³/mol. The monoisotopic (exact) mass is 414 g/mol. The Bertz CT molecular complexity index is 1130. The SMILES string of the molecule is CCCN(CCC(=O)NCc1ccccc1)c1nc(-c2ccco2)nc2ccccc12. The van der Waals surface area contributed by atoms with Crippen molar-refractivity contribution in [3.8, 4) is 11.6 Å². The van der Waals surface area contributed by atoms with Crippen molar-refractivity contribution in [1.82, 2.24) is 15.3 Å². The Hall–Kier alpha value is -3.67. The van der Waals surface area contributed by atoms with Gasteiger partial charge in [-0.2, -0.15) is 0 Å². The predicted octanol–water partition coefficient (Wildman–Crippen LogP) is 4.81. The van der Waals surface area contributed by atoms with Gasteiger partial charge in [0, 0.05) is 31.4 Å². The summed E-state index contributed by atoms with van der Waals surface area (Å²) < 4.78 is 5.53. The lowest BCUT2D eigenvalue weighted by Crippen LogP contribution is -2.32. The van der Waals surface area contributed by atoms with E-state index in [0.717, 1.165) is 35.2 Å². The van der Waals surface area contributed by atoms with Crippen molar-refractivity contribution in [2.24, 2.45) is 0 Å². The number of amides is 1. The second kappa shape index (κ2) is 9.89. The van der Waals surface area contributed by atoms with Crippen LogP contribution >= 0.6 is 0 Å². The molecule has 0 spiro atoms. The van der Waals surface area contributed by atoms with E-state index < -0.39 is 0 Å². The Labute approximate surface area is 181 Å². The molecule has 0 saturated carbocycles. The molecule has 0 atom stereocenters. The smallest absolute Gasteiger partial charge is 0.222 e. The number of carbonyl (C=O) groups excluding carboxylic acids is 1. The van der Waals surface area contributed by atoms with Gasteiger partial charge in [-0.3, -0.25) is 4.79 Å². The largest absolute Gasteiger partial charge is 0.461 e. The molecule has 0 bridgehead atoms. The highest BCUT2D eigenvalue weighted by Crippen LogP contribution is 2.28. The number of carbonyl (C=O) groups is 1. The lowest BCUT2D eigenvalue weighted by molar-refractivity contribution is -0.121. The summed E-state index contributed by atoms with van der Waals surface area (Å²) in [6, 6.07) is 21.6. The third kappa shape index (κ3) is 5.09. The molecule has 2 heterocycles. The fourth-order valence-electron chi connectivity index (χ4n) is 3.53. The zero-order valence-corrected chi connectivity index (χ0v) is 17.6. The van der Waals surface area contributed by atoms with Crippen LogP contribution in [0.15, 0.2) is 77.4 Å². The Balaban J connectivity index is 1.54. The van der Waals surface area contributed by atoms with Crippen LogP contribution in [0.4, 0.5) is 5.82 Å². The Morgan fingerprint density at radius 3 is 2.55 bits per heavy atom. The molecule has 0 aliphatic rings. The van der Waals surface area contributed by atoms with Crippen LogP contribution in [0.5, 0.6) is 0 Å². The molecule has 0 saturated heterocycles. The van der Waals surface area contributed by atoms with Crippen LogP contribution in [0, 0.1) is 0 Å². The summed E-state index contributed by atoms with van der Waals surface area (Å²) in [6.45, 7) is 4.03. The van der Waals surface area contributed by atoms with Crippen molar-refractivity contribution < 1.29 is 9.21 Å². The molecule has 158 valence electrons. The molecule has 0 radical (unpaired) electrons. The average molecular weight is 415 g/mol. The number of hydrogen-bond acceptors (Lipinski definition) is 5. The van der Waals surface area contributed by atoms with Crippen LogP contribution in [0.2, 0.25) is 0 Å².